The molecule has 11 rings (SSSR count). The summed E-state index contributed by atoms with van der Waals surface area (Å²) < 4.78 is 6.73. The van der Waals surface area contributed by atoms with Crippen LogP contribution in [0.2, 0.25) is 0 Å². The average molecular weight is 736 g/mol. The van der Waals surface area contributed by atoms with Gasteiger partial charge in [-0.2, -0.15) is 0 Å². The lowest BCUT2D eigenvalue weighted by Gasteiger charge is -2.20. The second-order valence-corrected chi connectivity index (χ2v) is 15.5. The normalized spacial score (nSPS) is 15.6. The highest BCUT2D eigenvalue weighted by Gasteiger charge is 2.34. The minimum Gasteiger partial charge on any atom is -0.456 e. The minimum atomic E-state index is 0.320. The highest BCUT2D eigenvalue weighted by atomic mass is 32.2. The highest BCUT2D eigenvalue weighted by molar-refractivity contribution is 8.00. The van der Waals surface area contributed by atoms with E-state index in [1.54, 1.807) is 0 Å². The predicted octanol–water partition coefficient (Wildman–Crippen LogP) is 13.5. The number of aromatic nitrogens is 3. The van der Waals surface area contributed by atoms with Crippen molar-refractivity contribution >= 4 is 33.7 Å². The molecule has 2 unspecified atom stereocenters. The second-order valence-electron chi connectivity index (χ2n) is 14.3. The molecule has 7 aromatic carbocycles. The Labute approximate surface area is 329 Å². The lowest BCUT2D eigenvalue weighted by molar-refractivity contribution is 0.669. The summed E-state index contributed by atoms with van der Waals surface area (Å²) in [6, 6.07) is 57.2. The largest absolute Gasteiger partial charge is 0.456 e. The summed E-state index contributed by atoms with van der Waals surface area (Å²) in [6.07, 6.45) is 9.06. The third kappa shape index (κ3) is 5.67. The van der Waals surface area contributed by atoms with Crippen molar-refractivity contribution in [2.24, 2.45) is 0 Å². The Hall–Kier alpha value is -6.82. The van der Waals surface area contributed by atoms with Crippen molar-refractivity contribution in [2.45, 2.75) is 16.1 Å². The predicted molar refractivity (Wildman–Crippen MR) is 230 cm³/mol. The first kappa shape index (κ1) is 32.6. The van der Waals surface area contributed by atoms with E-state index < -0.39 is 0 Å². The zero-order valence-electron chi connectivity index (χ0n) is 30.2. The maximum Gasteiger partial charge on any atom is 0.164 e. The van der Waals surface area contributed by atoms with E-state index in [1.165, 1.54) is 32.7 Å². The third-order valence-corrected chi connectivity index (χ3v) is 12.2. The Morgan fingerprint density at radius 1 is 0.429 bits per heavy atom. The van der Waals surface area contributed by atoms with Gasteiger partial charge in [-0.25, -0.2) is 15.0 Å². The average Bonchev–Trinajstić information content (AvgIpc) is 3.84. The van der Waals surface area contributed by atoms with Crippen molar-refractivity contribution in [3.8, 4) is 67.5 Å². The van der Waals surface area contributed by atoms with Gasteiger partial charge in [0.2, 0.25) is 0 Å². The quantitative estimate of drug-likeness (QED) is 0.170. The Morgan fingerprint density at radius 2 is 0.929 bits per heavy atom. The first-order valence-corrected chi connectivity index (χ1v) is 19.8. The molecule has 2 aromatic heterocycles. The molecule has 0 bridgehead atoms. The molecule has 56 heavy (non-hydrogen) atoms. The first-order chi connectivity index (χ1) is 27.7. The van der Waals surface area contributed by atoms with Gasteiger partial charge in [0.25, 0.3) is 0 Å². The summed E-state index contributed by atoms with van der Waals surface area (Å²) in [4.78, 5) is 16.4. The molecule has 0 saturated heterocycles. The number of rotatable bonds is 6. The fraction of sp³-hybridized carbons (Fsp3) is 0.0392. The summed E-state index contributed by atoms with van der Waals surface area (Å²) in [5.74, 6) is 2.16. The van der Waals surface area contributed by atoms with Gasteiger partial charge < -0.3 is 4.42 Å². The molecule has 9 aromatic rings. The summed E-state index contributed by atoms with van der Waals surface area (Å²) >= 11 is 1.96. The van der Waals surface area contributed by atoms with Crippen molar-refractivity contribution in [1.82, 2.24) is 15.0 Å². The van der Waals surface area contributed by atoms with Gasteiger partial charge in [0.15, 0.2) is 17.5 Å². The minimum absolute atomic E-state index is 0.320. The maximum absolute atomic E-state index is 6.73. The summed E-state index contributed by atoms with van der Waals surface area (Å²) in [5.41, 5.74) is 13.0. The van der Waals surface area contributed by atoms with Crippen LogP contribution < -0.4 is 0 Å². The van der Waals surface area contributed by atoms with Crippen LogP contribution in [0.4, 0.5) is 0 Å². The molecule has 0 saturated carbocycles. The van der Waals surface area contributed by atoms with Crippen LogP contribution in [0.5, 0.6) is 0 Å². The molecule has 5 heteroatoms. The number of hydrogen-bond acceptors (Lipinski definition) is 5. The number of furan rings is 1. The Kier molecular flexibility index (Phi) is 7.85. The van der Waals surface area contributed by atoms with Crippen molar-refractivity contribution < 1.29 is 4.42 Å². The van der Waals surface area contributed by atoms with E-state index in [0.29, 0.717) is 28.6 Å². The van der Waals surface area contributed by atoms with E-state index in [2.05, 4.69) is 152 Å². The van der Waals surface area contributed by atoms with Crippen LogP contribution in [0, 0.1) is 0 Å². The van der Waals surface area contributed by atoms with Gasteiger partial charge in [-0.15, -0.1) is 11.8 Å². The van der Waals surface area contributed by atoms with E-state index in [4.69, 9.17) is 19.4 Å². The number of benzene rings is 7. The molecular weight excluding hydrogens is 703 g/mol. The van der Waals surface area contributed by atoms with Crippen LogP contribution in [0.3, 0.4) is 0 Å². The first-order valence-electron chi connectivity index (χ1n) is 18.9. The molecule has 264 valence electrons. The van der Waals surface area contributed by atoms with E-state index in [1.807, 2.05) is 48.2 Å². The molecule has 0 N–H and O–H groups in total. The van der Waals surface area contributed by atoms with Crippen molar-refractivity contribution in [3.63, 3.8) is 0 Å². The lowest BCUT2D eigenvalue weighted by Crippen LogP contribution is -2.08. The van der Waals surface area contributed by atoms with Gasteiger partial charge in [0.05, 0.1) is 0 Å². The molecule has 0 radical (unpaired) electrons. The Bertz CT molecular complexity index is 2990. The number of fused-ring (bicyclic) bond motifs is 6. The van der Waals surface area contributed by atoms with Gasteiger partial charge >= 0.3 is 0 Å². The molecule has 1 aliphatic heterocycles. The molecule has 2 atom stereocenters. The molecule has 0 spiro atoms. The Balaban J connectivity index is 1.02. The summed E-state index contributed by atoms with van der Waals surface area (Å²) in [5, 5.41) is 2.54. The molecule has 2 aliphatic rings. The summed E-state index contributed by atoms with van der Waals surface area (Å²) in [6.45, 7) is 0. The number of hydrogen-bond donors (Lipinski definition) is 0. The molecule has 1 aliphatic carbocycles. The van der Waals surface area contributed by atoms with Crippen molar-refractivity contribution in [2.75, 3.05) is 0 Å². The molecule has 4 nitrogen and oxygen atoms in total. The van der Waals surface area contributed by atoms with Gasteiger partial charge in [-0.3, -0.25) is 0 Å². The van der Waals surface area contributed by atoms with Crippen molar-refractivity contribution in [3.05, 3.63) is 194 Å². The van der Waals surface area contributed by atoms with E-state index in [0.717, 1.165) is 49.8 Å². The third-order valence-electron chi connectivity index (χ3n) is 10.9. The smallest absolute Gasteiger partial charge is 0.164 e. The van der Waals surface area contributed by atoms with Gasteiger partial charge in [0, 0.05) is 43.5 Å². The fourth-order valence-electron chi connectivity index (χ4n) is 8.17. The number of allylic oxidation sites excluding steroid dienone is 3. The number of nitrogens with zero attached hydrogens (tertiary/aromatic N) is 3. The summed E-state index contributed by atoms with van der Waals surface area (Å²) in [7, 11) is 0. The topological polar surface area (TPSA) is 51.8 Å². The van der Waals surface area contributed by atoms with Crippen molar-refractivity contribution in [1.29, 1.82) is 0 Å². The highest BCUT2D eigenvalue weighted by Crippen LogP contribution is 2.54. The monoisotopic (exact) mass is 735 g/mol. The van der Waals surface area contributed by atoms with Gasteiger partial charge in [0.1, 0.15) is 11.2 Å². The molecule has 3 heterocycles. The lowest BCUT2D eigenvalue weighted by atomic mass is 9.82. The maximum atomic E-state index is 6.73. The molecule has 0 fully saturated rings. The fourth-order valence-corrected chi connectivity index (χ4v) is 9.52. The SMILES string of the molecule is C1=CC2Sc3ccc(-c4ccccc4)c(-c4ccc5c(c4)oc4cc(-c6nc(-c7ccccc7)nc(-c7ccc(-c8ccccc8)cc7)n6)ccc45)c3C2C=C1. The zero-order chi connectivity index (χ0) is 37.0. The van der Waals surface area contributed by atoms with Crippen LogP contribution in [0.15, 0.2) is 197 Å². The van der Waals surface area contributed by atoms with Crippen LogP contribution in [0.25, 0.3) is 89.5 Å². The van der Waals surface area contributed by atoms with Crippen LogP contribution in [0.1, 0.15) is 11.5 Å². The second kappa shape index (κ2) is 13.5. The van der Waals surface area contributed by atoms with Crippen LogP contribution in [-0.2, 0) is 0 Å². The van der Waals surface area contributed by atoms with Crippen LogP contribution in [-0.4, -0.2) is 20.2 Å². The number of thioether (sulfide) groups is 1. The van der Waals surface area contributed by atoms with E-state index >= 15 is 0 Å². The standard InChI is InChI=1S/C51H33N3OS/c1-4-12-32(13-5-1)33-20-22-36(23-21-33)50-52-49(35-16-8-3-9-17-35)53-51(54-50)38-25-27-41-40-26-24-37(30-43(40)55-44(41)31-38)47-39(34-14-6-2-7-15-34)28-29-46-48(47)42-18-10-11-19-45(42)56-46/h1-31,42,45H. The molecular formula is C51H33N3OS. The van der Waals surface area contributed by atoms with E-state index in [9.17, 15) is 0 Å². The van der Waals surface area contributed by atoms with E-state index in [-0.39, 0.29) is 0 Å². The van der Waals surface area contributed by atoms with Crippen LogP contribution >= 0.6 is 11.8 Å². The van der Waals surface area contributed by atoms with Gasteiger partial charge in [-0.05, 0) is 69.3 Å². The Morgan fingerprint density at radius 3 is 1.61 bits per heavy atom. The zero-order valence-corrected chi connectivity index (χ0v) is 31.0. The van der Waals surface area contributed by atoms with Gasteiger partial charge in [-0.1, -0.05) is 158 Å². The molecule has 0 amide bonds.